The standard InChI is InChI=1S/C36H41NO7Si/c1-36(2,3)45(29-12-8-6-9-13-29,30-14-10-7-11-15-30)44-24-31(37-35(38)40-5)34(27-18-21-32-33(22-27)43-25-42-32)41-23-26-16-19-28(39-4)20-17-26/h6-22,31,34H,23-25H2,1-5H3,(H,37,38)/t31-,34-/m0/s1. The maximum absolute atomic E-state index is 12.9. The van der Waals surface area contributed by atoms with Crippen LogP contribution < -0.4 is 29.9 Å². The van der Waals surface area contributed by atoms with Gasteiger partial charge in [0.25, 0.3) is 8.32 Å². The number of benzene rings is 4. The average molecular weight is 628 g/mol. The third-order valence-corrected chi connectivity index (χ3v) is 13.1. The molecule has 0 aliphatic carbocycles. The summed E-state index contributed by atoms with van der Waals surface area (Å²) in [5, 5.41) is 5.05. The maximum Gasteiger partial charge on any atom is 0.407 e. The molecule has 0 radical (unpaired) electrons. The fourth-order valence-corrected chi connectivity index (χ4v) is 10.4. The smallest absolute Gasteiger partial charge is 0.407 e. The van der Waals surface area contributed by atoms with Gasteiger partial charge in [-0.3, -0.25) is 0 Å². The van der Waals surface area contributed by atoms with Crippen molar-refractivity contribution in [2.75, 3.05) is 27.6 Å². The molecule has 4 aromatic carbocycles. The minimum absolute atomic E-state index is 0.150. The highest BCUT2D eigenvalue weighted by Gasteiger charge is 2.50. The lowest BCUT2D eigenvalue weighted by Gasteiger charge is -2.44. The van der Waals surface area contributed by atoms with Crippen molar-refractivity contribution in [1.82, 2.24) is 5.32 Å². The summed E-state index contributed by atoms with van der Waals surface area (Å²) in [4.78, 5) is 12.9. The summed E-state index contributed by atoms with van der Waals surface area (Å²) >= 11 is 0. The zero-order valence-electron chi connectivity index (χ0n) is 26.4. The second-order valence-corrected chi connectivity index (χ2v) is 16.2. The molecular weight excluding hydrogens is 586 g/mol. The molecule has 0 fully saturated rings. The van der Waals surface area contributed by atoms with Gasteiger partial charge in [0.2, 0.25) is 6.79 Å². The molecule has 1 heterocycles. The Morgan fingerprint density at radius 1 is 0.844 bits per heavy atom. The SMILES string of the molecule is COC(=O)N[C@@H](CO[Si](c1ccccc1)(c1ccccc1)C(C)(C)C)[C@@H](OCc1ccc(OC)cc1)c1ccc2c(c1)OCO2. The molecule has 1 aliphatic heterocycles. The molecule has 0 spiro atoms. The van der Waals surface area contributed by atoms with E-state index in [2.05, 4.69) is 50.4 Å². The van der Waals surface area contributed by atoms with E-state index in [0.717, 1.165) is 27.2 Å². The van der Waals surface area contributed by atoms with Crippen LogP contribution in [0.15, 0.2) is 103 Å². The number of amides is 1. The molecule has 4 aromatic rings. The normalized spacial score (nSPS) is 14.0. The van der Waals surface area contributed by atoms with Crippen LogP contribution in [0.3, 0.4) is 0 Å². The molecule has 5 rings (SSSR count). The van der Waals surface area contributed by atoms with Gasteiger partial charge < -0.3 is 33.4 Å². The van der Waals surface area contributed by atoms with Gasteiger partial charge in [0.1, 0.15) is 11.9 Å². The number of hydrogen-bond acceptors (Lipinski definition) is 7. The number of nitrogens with one attached hydrogen (secondary N) is 1. The van der Waals surface area contributed by atoms with E-state index < -0.39 is 26.6 Å². The third-order valence-electron chi connectivity index (χ3n) is 8.06. The van der Waals surface area contributed by atoms with Crippen molar-refractivity contribution in [3.63, 3.8) is 0 Å². The number of fused-ring (bicyclic) bond motifs is 1. The molecule has 0 saturated heterocycles. The molecule has 1 aliphatic rings. The predicted molar refractivity (Wildman–Crippen MR) is 176 cm³/mol. The molecule has 2 atom stereocenters. The first kappa shape index (κ1) is 32.1. The summed E-state index contributed by atoms with van der Waals surface area (Å²) in [6, 6.07) is 33.6. The summed E-state index contributed by atoms with van der Waals surface area (Å²) in [6.07, 6.45) is -1.20. The summed E-state index contributed by atoms with van der Waals surface area (Å²) < 4.78 is 35.6. The molecule has 9 heteroatoms. The molecule has 0 unspecified atom stereocenters. The summed E-state index contributed by atoms with van der Waals surface area (Å²) in [5.41, 5.74) is 1.76. The number of carbonyl (C=O) groups is 1. The van der Waals surface area contributed by atoms with Gasteiger partial charge in [-0.1, -0.05) is 99.6 Å². The molecule has 0 aromatic heterocycles. The fourth-order valence-electron chi connectivity index (χ4n) is 5.83. The minimum Gasteiger partial charge on any atom is -0.497 e. The summed E-state index contributed by atoms with van der Waals surface area (Å²) in [7, 11) is 0.0448. The third kappa shape index (κ3) is 7.17. The average Bonchev–Trinajstić information content (AvgIpc) is 3.54. The van der Waals surface area contributed by atoms with Gasteiger partial charge in [0.05, 0.1) is 33.5 Å². The Labute approximate surface area is 266 Å². The van der Waals surface area contributed by atoms with Crippen molar-refractivity contribution < 1.29 is 32.9 Å². The van der Waals surface area contributed by atoms with Crippen LogP contribution in [0, 0.1) is 0 Å². The Morgan fingerprint density at radius 2 is 1.47 bits per heavy atom. The molecule has 45 heavy (non-hydrogen) atoms. The number of methoxy groups -OCH3 is 2. The summed E-state index contributed by atoms with van der Waals surface area (Å²) in [5.74, 6) is 2.04. The monoisotopic (exact) mass is 627 g/mol. The zero-order valence-corrected chi connectivity index (χ0v) is 27.4. The molecule has 1 N–H and O–H groups in total. The second kappa shape index (κ2) is 14.2. The highest BCUT2D eigenvalue weighted by molar-refractivity contribution is 6.99. The lowest BCUT2D eigenvalue weighted by Crippen LogP contribution is -2.67. The molecule has 8 nitrogen and oxygen atoms in total. The van der Waals surface area contributed by atoms with Crippen molar-refractivity contribution in [2.24, 2.45) is 0 Å². The van der Waals surface area contributed by atoms with Gasteiger partial charge in [0, 0.05) is 0 Å². The number of alkyl carbamates (subject to hydrolysis) is 1. The van der Waals surface area contributed by atoms with Crippen molar-refractivity contribution in [1.29, 1.82) is 0 Å². The predicted octanol–water partition coefficient (Wildman–Crippen LogP) is 5.98. The van der Waals surface area contributed by atoms with E-state index in [4.69, 9.17) is 28.1 Å². The first-order chi connectivity index (χ1) is 21.7. The number of hydrogen-bond donors (Lipinski definition) is 1. The van der Waals surface area contributed by atoms with Crippen LogP contribution in [0.5, 0.6) is 17.2 Å². The zero-order chi connectivity index (χ0) is 31.9. The lowest BCUT2D eigenvalue weighted by atomic mass is 10.0. The van der Waals surface area contributed by atoms with E-state index in [1.807, 2.05) is 78.9 Å². The van der Waals surface area contributed by atoms with E-state index in [0.29, 0.717) is 11.5 Å². The Hall–Kier alpha value is -4.31. The van der Waals surface area contributed by atoms with Gasteiger partial charge in [-0.25, -0.2) is 4.79 Å². The topological polar surface area (TPSA) is 84.5 Å². The van der Waals surface area contributed by atoms with Crippen molar-refractivity contribution in [2.45, 2.75) is 44.6 Å². The van der Waals surface area contributed by atoms with Crippen LogP contribution >= 0.6 is 0 Å². The molecule has 0 bridgehead atoms. The van der Waals surface area contributed by atoms with Crippen molar-refractivity contribution in [3.8, 4) is 17.2 Å². The van der Waals surface area contributed by atoms with Crippen LogP contribution in [-0.4, -0.2) is 48.1 Å². The van der Waals surface area contributed by atoms with Crippen molar-refractivity contribution >= 4 is 24.8 Å². The van der Waals surface area contributed by atoms with E-state index in [-0.39, 0.29) is 25.0 Å². The maximum atomic E-state index is 12.9. The first-order valence-electron chi connectivity index (χ1n) is 15.0. The number of carbonyl (C=O) groups excluding carboxylic acids is 1. The fraction of sp³-hybridized carbons (Fsp3) is 0.306. The highest BCUT2D eigenvalue weighted by atomic mass is 28.4. The van der Waals surface area contributed by atoms with Crippen LogP contribution in [0.4, 0.5) is 4.79 Å². The molecular formula is C36H41NO7Si. The van der Waals surface area contributed by atoms with Gasteiger partial charge in [-0.05, 0) is 50.8 Å². The first-order valence-corrected chi connectivity index (χ1v) is 16.9. The van der Waals surface area contributed by atoms with Gasteiger partial charge in [-0.2, -0.15) is 0 Å². The van der Waals surface area contributed by atoms with E-state index >= 15 is 0 Å². The van der Waals surface area contributed by atoms with E-state index in [1.54, 1.807) is 7.11 Å². The van der Waals surface area contributed by atoms with Gasteiger partial charge >= 0.3 is 6.09 Å². The van der Waals surface area contributed by atoms with Gasteiger partial charge in [-0.15, -0.1) is 0 Å². The minimum atomic E-state index is -2.94. The second-order valence-electron chi connectivity index (χ2n) is 11.9. The summed E-state index contributed by atoms with van der Waals surface area (Å²) in [6.45, 7) is 7.25. The Balaban J connectivity index is 1.55. The Kier molecular flexibility index (Phi) is 10.1. The Bertz CT molecular complexity index is 1500. The van der Waals surface area contributed by atoms with Crippen LogP contribution in [0.25, 0.3) is 0 Å². The molecule has 1 amide bonds. The number of ether oxygens (including phenoxy) is 5. The Morgan fingerprint density at radius 3 is 2.04 bits per heavy atom. The van der Waals surface area contributed by atoms with Crippen LogP contribution in [-0.2, 0) is 20.5 Å². The lowest BCUT2D eigenvalue weighted by molar-refractivity contribution is 0.000529. The number of rotatable bonds is 12. The van der Waals surface area contributed by atoms with Crippen molar-refractivity contribution in [3.05, 3.63) is 114 Å². The van der Waals surface area contributed by atoms with E-state index in [1.165, 1.54) is 7.11 Å². The molecule has 0 saturated carbocycles. The van der Waals surface area contributed by atoms with E-state index in [9.17, 15) is 4.79 Å². The van der Waals surface area contributed by atoms with Gasteiger partial charge in [0.15, 0.2) is 11.5 Å². The molecule has 236 valence electrons. The quantitative estimate of drug-likeness (QED) is 0.194. The highest BCUT2D eigenvalue weighted by Crippen LogP contribution is 2.39. The largest absolute Gasteiger partial charge is 0.497 e. The van der Waals surface area contributed by atoms with Crippen LogP contribution in [0.2, 0.25) is 5.04 Å². The van der Waals surface area contributed by atoms with Crippen LogP contribution in [0.1, 0.15) is 38.0 Å².